The topological polar surface area (TPSA) is 76.1 Å². The molecule has 0 aliphatic carbocycles. The molecule has 3 rings (SSSR count). The molecule has 7 heteroatoms. The minimum atomic E-state index is -0.257. The number of aromatic nitrogens is 2. The Kier molecular flexibility index (Phi) is 5.88. The quantitative estimate of drug-likeness (QED) is 0.670. The van der Waals surface area contributed by atoms with Crippen molar-refractivity contribution in [2.75, 3.05) is 12.4 Å². The van der Waals surface area contributed by atoms with Crippen LogP contribution in [-0.4, -0.2) is 23.0 Å². The Bertz CT molecular complexity index is 931. The lowest BCUT2D eigenvalue weighted by Gasteiger charge is -2.13. The summed E-state index contributed by atoms with van der Waals surface area (Å²) in [6.45, 7) is 2.27. The van der Waals surface area contributed by atoms with Crippen molar-refractivity contribution in [3.05, 3.63) is 76.8 Å². The standard InChI is InChI=1S/C20H19ClN4O2/c1-13-9-18(19(27-2)10-16(13)21)25-15-6-7-17(23-12-15)20(26)24-11-14-5-3-4-8-22-14/h3-10,12,25H,11H2,1-2H3,(H,24,26). The molecule has 2 N–H and O–H groups in total. The molecule has 1 amide bonds. The number of halogens is 1. The lowest BCUT2D eigenvalue weighted by molar-refractivity contribution is 0.0945. The number of rotatable bonds is 6. The van der Waals surface area contributed by atoms with Gasteiger partial charge in [-0.3, -0.25) is 9.78 Å². The van der Waals surface area contributed by atoms with Crippen molar-refractivity contribution in [2.24, 2.45) is 0 Å². The normalized spacial score (nSPS) is 10.3. The summed E-state index contributed by atoms with van der Waals surface area (Å²) in [6, 6.07) is 12.6. The molecule has 6 nitrogen and oxygen atoms in total. The summed E-state index contributed by atoms with van der Waals surface area (Å²) in [5.41, 5.74) is 3.55. The number of benzene rings is 1. The number of aryl methyl sites for hydroxylation is 1. The highest BCUT2D eigenvalue weighted by Crippen LogP contribution is 2.32. The van der Waals surface area contributed by atoms with E-state index in [1.807, 2.05) is 31.2 Å². The highest BCUT2D eigenvalue weighted by atomic mass is 35.5. The molecule has 0 radical (unpaired) electrons. The molecule has 0 atom stereocenters. The van der Waals surface area contributed by atoms with Crippen molar-refractivity contribution < 1.29 is 9.53 Å². The molecule has 0 aliphatic rings. The Morgan fingerprint density at radius 1 is 1.19 bits per heavy atom. The molecule has 0 saturated carbocycles. The molecule has 138 valence electrons. The Labute approximate surface area is 162 Å². The summed E-state index contributed by atoms with van der Waals surface area (Å²) in [5.74, 6) is 0.370. The van der Waals surface area contributed by atoms with Gasteiger partial charge < -0.3 is 15.4 Å². The highest BCUT2D eigenvalue weighted by Gasteiger charge is 2.10. The third-order valence-corrected chi connectivity index (χ3v) is 4.32. The van der Waals surface area contributed by atoms with Crippen LogP contribution < -0.4 is 15.4 Å². The number of carbonyl (C=O) groups excluding carboxylic acids is 1. The number of hydrogen-bond acceptors (Lipinski definition) is 5. The van der Waals surface area contributed by atoms with Gasteiger partial charge in [0, 0.05) is 17.3 Å². The van der Waals surface area contributed by atoms with E-state index in [0.717, 1.165) is 22.6 Å². The lowest BCUT2D eigenvalue weighted by Crippen LogP contribution is -2.24. The van der Waals surface area contributed by atoms with Crippen LogP contribution in [0, 0.1) is 6.92 Å². The first-order valence-corrected chi connectivity index (χ1v) is 8.70. The SMILES string of the molecule is COc1cc(Cl)c(C)cc1Nc1ccc(C(=O)NCc2ccccn2)nc1. The first-order chi connectivity index (χ1) is 13.1. The summed E-state index contributed by atoms with van der Waals surface area (Å²) in [4.78, 5) is 20.6. The predicted molar refractivity (Wildman–Crippen MR) is 106 cm³/mol. The van der Waals surface area contributed by atoms with Gasteiger partial charge in [-0.2, -0.15) is 0 Å². The van der Waals surface area contributed by atoms with Crippen LogP contribution in [-0.2, 0) is 6.54 Å². The second kappa shape index (κ2) is 8.51. The third kappa shape index (κ3) is 4.74. The van der Waals surface area contributed by atoms with E-state index in [1.165, 1.54) is 0 Å². The second-order valence-corrected chi connectivity index (χ2v) is 6.27. The molecular weight excluding hydrogens is 364 g/mol. The smallest absolute Gasteiger partial charge is 0.270 e. The van der Waals surface area contributed by atoms with Crippen molar-refractivity contribution in [2.45, 2.75) is 13.5 Å². The molecule has 0 bridgehead atoms. The van der Waals surface area contributed by atoms with Crippen LogP contribution in [0.2, 0.25) is 5.02 Å². The van der Waals surface area contributed by atoms with Crippen LogP contribution in [0.15, 0.2) is 54.9 Å². The lowest BCUT2D eigenvalue weighted by atomic mass is 10.2. The Morgan fingerprint density at radius 2 is 2.04 bits per heavy atom. The zero-order valence-electron chi connectivity index (χ0n) is 15.0. The van der Waals surface area contributed by atoms with E-state index in [4.69, 9.17) is 16.3 Å². The van der Waals surface area contributed by atoms with Gasteiger partial charge in [-0.25, -0.2) is 4.98 Å². The van der Waals surface area contributed by atoms with Gasteiger partial charge in [-0.15, -0.1) is 0 Å². The molecule has 0 unspecified atom stereocenters. The summed E-state index contributed by atoms with van der Waals surface area (Å²) in [6.07, 6.45) is 3.28. The average Bonchev–Trinajstić information content (AvgIpc) is 2.70. The Morgan fingerprint density at radius 3 is 2.70 bits per heavy atom. The van der Waals surface area contributed by atoms with Crippen molar-refractivity contribution >= 4 is 28.9 Å². The fraction of sp³-hybridized carbons (Fsp3) is 0.150. The summed E-state index contributed by atoms with van der Waals surface area (Å²) < 4.78 is 5.35. The maximum absolute atomic E-state index is 12.2. The fourth-order valence-corrected chi connectivity index (χ4v) is 2.61. The van der Waals surface area contributed by atoms with Crippen molar-refractivity contribution in [1.82, 2.24) is 15.3 Å². The zero-order chi connectivity index (χ0) is 19.2. The fourth-order valence-electron chi connectivity index (χ4n) is 2.45. The van der Waals surface area contributed by atoms with E-state index in [1.54, 1.807) is 37.7 Å². The second-order valence-electron chi connectivity index (χ2n) is 5.86. The number of amides is 1. The first-order valence-electron chi connectivity index (χ1n) is 8.32. The predicted octanol–water partition coefficient (Wildman–Crippen LogP) is 4.12. The third-order valence-electron chi connectivity index (χ3n) is 3.91. The molecule has 0 saturated heterocycles. The van der Waals surface area contributed by atoms with Gasteiger partial charge >= 0.3 is 0 Å². The van der Waals surface area contributed by atoms with E-state index in [0.29, 0.717) is 23.0 Å². The number of ether oxygens (including phenoxy) is 1. The number of anilines is 2. The molecular formula is C20H19ClN4O2. The molecule has 2 aromatic heterocycles. The average molecular weight is 383 g/mol. The minimum Gasteiger partial charge on any atom is -0.495 e. The zero-order valence-corrected chi connectivity index (χ0v) is 15.7. The van der Waals surface area contributed by atoms with E-state index in [9.17, 15) is 4.79 Å². The van der Waals surface area contributed by atoms with Crippen molar-refractivity contribution in [3.63, 3.8) is 0 Å². The maximum Gasteiger partial charge on any atom is 0.270 e. The maximum atomic E-state index is 12.2. The number of hydrogen-bond donors (Lipinski definition) is 2. The van der Waals surface area contributed by atoms with E-state index in [2.05, 4.69) is 20.6 Å². The summed E-state index contributed by atoms with van der Waals surface area (Å²) in [7, 11) is 1.58. The van der Waals surface area contributed by atoms with E-state index >= 15 is 0 Å². The number of nitrogens with zero attached hydrogens (tertiary/aromatic N) is 2. The highest BCUT2D eigenvalue weighted by molar-refractivity contribution is 6.31. The van der Waals surface area contributed by atoms with Crippen LogP contribution in [0.3, 0.4) is 0 Å². The molecule has 1 aromatic carbocycles. The van der Waals surface area contributed by atoms with Gasteiger partial charge in [0.05, 0.1) is 36.9 Å². The number of nitrogens with one attached hydrogen (secondary N) is 2. The molecule has 0 aliphatic heterocycles. The molecule has 27 heavy (non-hydrogen) atoms. The van der Waals surface area contributed by atoms with Crippen molar-refractivity contribution in [1.29, 1.82) is 0 Å². The van der Waals surface area contributed by atoms with Crippen LogP contribution in [0.1, 0.15) is 21.7 Å². The van der Waals surface area contributed by atoms with E-state index in [-0.39, 0.29) is 5.91 Å². The van der Waals surface area contributed by atoms with Gasteiger partial charge in [-0.05, 0) is 42.8 Å². The van der Waals surface area contributed by atoms with Gasteiger partial charge in [-0.1, -0.05) is 17.7 Å². The van der Waals surface area contributed by atoms with Gasteiger partial charge in [0.25, 0.3) is 5.91 Å². The van der Waals surface area contributed by atoms with Gasteiger partial charge in [0.15, 0.2) is 0 Å². The Balaban J connectivity index is 1.67. The van der Waals surface area contributed by atoms with Crippen LogP contribution in [0.4, 0.5) is 11.4 Å². The van der Waals surface area contributed by atoms with Crippen LogP contribution in [0.5, 0.6) is 5.75 Å². The molecule has 0 fully saturated rings. The van der Waals surface area contributed by atoms with E-state index < -0.39 is 0 Å². The van der Waals surface area contributed by atoms with Gasteiger partial charge in [0.2, 0.25) is 0 Å². The van der Waals surface area contributed by atoms with Crippen LogP contribution in [0.25, 0.3) is 0 Å². The summed E-state index contributed by atoms with van der Waals surface area (Å²) in [5, 5.41) is 6.66. The summed E-state index contributed by atoms with van der Waals surface area (Å²) >= 11 is 6.13. The largest absolute Gasteiger partial charge is 0.495 e. The van der Waals surface area contributed by atoms with Gasteiger partial charge in [0.1, 0.15) is 11.4 Å². The molecule has 3 aromatic rings. The number of carbonyl (C=O) groups is 1. The Hall–Kier alpha value is -3.12. The first kappa shape index (κ1) is 18.7. The molecule has 2 heterocycles. The minimum absolute atomic E-state index is 0.257. The molecule has 0 spiro atoms. The van der Waals surface area contributed by atoms with Crippen molar-refractivity contribution in [3.8, 4) is 5.75 Å². The monoisotopic (exact) mass is 382 g/mol. The number of methoxy groups -OCH3 is 1. The number of pyridine rings is 2. The van der Waals surface area contributed by atoms with Crippen LogP contribution >= 0.6 is 11.6 Å².